The van der Waals surface area contributed by atoms with E-state index in [2.05, 4.69) is 5.09 Å². The molecule has 23 heavy (non-hydrogen) atoms. The summed E-state index contributed by atoms with van der Waals surface area (Å²) in [5.41, 5.74) is -0.141. The number of nitrogens with zero attached hydrogens (tertiary/aromatic N) is 1. The Kier molecular flexibility index (Phi) is 5.35. The van der Waals surface area contributed by atoms with E-state index in [0.717, 1.165) is 12.8 Å². The molecule has 1 aromatic rings. The number of aliphatic carboxylic acids is 1. The van der Waals surface area contributed by atoms with Crippen LogP contribution in [0.25, 0.3) is 0 Å². The second kappa shape index (κ2) is 7.08. The van der Waals surface area contributed by atoms with Crippen molar-refractivity contribution in [3.8, 4) is 5.75 Å². The third-order valence-electron chi connectivity index (χ3n) is 3.17. The highest BCUT2D eigenvalue weighted by atomic mass is 31.2. The van der Waals surface area contributed by atoms with Gasteiger partial charge in [-0.3, -0.25) is 19.4 Å². The molecule has 126 valence electrons. The molecule has 9 nitrogen and oxygen atoms in total. The van der Waals surface area contributed by atoms with Crippen LogP contribution in [0.1, 0.15) is 19.8 Å². The number of non-ortho nitro benzene ring substituents is 1. The molecule has 1 fully saturated rings. The molecule has 0 spiro atoms. The maximum atomic E-state index is 12.7. The minimum absolute atomic E-state index is 0.0832. The van der Waals surface area contributed by atoms with Crippen molar-refractivity contribution >= 4 is 19.4 Å². The molecule has 0 aliphatic heterocycles. The third-order valence-corrected chi connectivity index (χ3v) is 4.82. The summed E-state index contributed by atoms with van der Waals surface area (Å²) < 4.78 is 23.2. The lowest BCUT2D eigenvalue weighted by atomic mass is 10.3. The zero-order valence-corrected chi connectivity index (χ0v) is 13.3. The SMILES string of the molecule is CC(NP(=O)(OCC1CC1)Oc1ccc([N+](=O)[O-])cc1)C(=O)O. The summed E-state index contributed by atoms with van der Waals surface area (Å²) in [6.45, 7) is 1.51. The maximum Gasteiger partial charge on any atom is 0.459 e. The molecule has 1 aromatic carbocycles. The predicted octanol–water partition coefficient (Wildman–Crippen LogP) is 2.57. The molecule has 0 heterocycles. The van der Waals surface area contributed by atoms with Gasteiger partial charge in [-0.2, -0.15) is 5.09 Å². The van der Waals surface area contributed by atoms with Gasteiger partial charge in [0, 0.05) is 12.1 Å². The van der Waals surface area contributed by atoms with E-state index in [0.29, 0.717) is 5.92 Å². The first-order valence-corrected chi connectivity index (χ1v) is 8.52. The lowest BCUT2D eigenvalue weighted by molar-refractivity contribution is -0.384. The average Bonchev–Trinajstić information content (AvgIpc) is 3.30. The van der Waals surface area contributed by atoms with Crippen LogP contribution in [0.2, 0.25) is 0 Å². The third kappa shape index (κ3) is 5.31. The average molecular weight is 344 g/mol. The second-order valence-corrected chi connectivity index (χ2v) is 6.96. The Morgan fingerprint density at radius 2 is 2.09 bits per heavy atom. The zero-order chi connectivity index (χ0) is 17.0. The summed E-state index contributed by atoms with van der Waals surface area (Å²) in [4.78, 5) is 21.0. The normalized spacial score (nSPS) is 18.0. The largest absolute Gasteiger partial charge is 0.480 e. The molecule has 10 heteroatoms. The topological polar surface area (TPSA) is 128 Å². The van der Waals surface area contributed by atoms with E-state index in [1.165, 1.54) is 31.2 Å². The van der Waals surface area contributed by atoms with Crippen LogP contribution in [-0.2, 0) is 13.9 Å². The molecular weight excluding hydrogens is 327 g/mol. The number of rotatable bonds is 9. The minimum Gasteiger partial charge on any atom is -0.480 e. The molecular formula is C13H17N2O7P. The van der Waals surface area contributed by atoms with Crippen molar-refractivity contribution in [1.82, 2.24) is 5.09 Å². The van der Waals surface area contributed by atoms with E-state index < -0.39 is 24.7 Å². The van der Waals surface area contributed by atoms with Gasteiger partial charge in [-0.05, 0) is 37.8 Å². The van der Waals surface area contributed by atoms with E-state index in [9.17, 15) is 19.5 Å². The number of benzene rings is 1. The number of hydrogen-bond donors (Lipinski definition) is 2. The number of nitrogens with one attached hydrogen (secondary N) is 1. The van der Waals surface area contributed by atoms with Crippen LogP contribution in [0, 0.1) is 16.0 Å². The predicted molar refractivity (Wildman–Crippen MR) is 80.2 cm³/mol. The molecule has 2 atom stereocenters. The van der Waals surface area contributed by atoms with Crippen LogP contribution >= 0.6 is 7.75 Å². The van der Waals surface area contributed by atoms with Gasteiger partial charge < -0.3 is 9.63 Å². The van der Waals surface area contributed by atoms with Crippen molar-refractivity contribution in [3.63, 3.8) is 0 Å². The van der Waals surface area contributed by atoms with Gasteiger partial charge in [0.1, 0.15) is 11.8 Å². The van der Waals surface area contributed by atoms with Crippen LogP contribution < -0.4 is 9.61 Å². The van der Waals surface area contributed by atoms with E-state index in [4.69, 9.17) is 14.2 Å². The smallest absolute Gasteiger partial charge is 0.459 e. The van der Waals surface area contributed by atoms with Crippen LogP contribution in [0.3, 0.4) is 0 Å². The molecule has 2 unspecified atom stereocenters. The van der Waals surface area contributed by atoms with Crippen molar-refractivity contribution in [2.75, 3.05) is 6.61 Å². The fraction of sp³-hybridized carbons (Fsp3) is 0.462. The standard InChI is InChI=1S/C13H17N2O7P/c1-9(13(16)17)14-23(20,21-8-10-2-3-10)22-12-6-4-11(5-7-12)15(18)19/h4-7,9-10H,2-3,8H2,1H3,(H,14,20)(H,16,17). The molecule has 2 N–H and O–H groups in total. The summed E-state index contributed by atoms with van der Waals surface area (Å²) >= 11 is 0. The summed E-state index contributed by atoms with van der Waals surface area (Å²) in [5.74, 6) is -0.821. The fourth-order valence-corrected chi connectivity index (χ4v) is 3.21. The van der Waals surface area contributed by atoms with Gasteiger partial charge in [0.05, 0.1) is 11.5 Å². The molecule has 1 saturated carbocycles. The maximum absolute atomic E-state index is 12.7. The van der Waals surface area contributed by atoms with Gasteiger partial charge in [0.25, 0.3) is 5.69 Å². The lowest BCUT2D eigenvalue weighted by Crippen LogP contribution is -2.33. The monoisotopic (exact) mass is 344 g/mol. The summed E-state index contributed by atoms with van der Waals surface area (Å²) in [7, 11) is -3.90. The first-order valence-electron chi connectivity index (χ1n) is 6.98. The quantitative estimate of drug-likeness (QED) is 0.397. The van der Waals surface area contributed by atoms with Crippen LogP contribution in [0.4, 0.5) is 5.69 Å². The summed E-state index contributed by atoms with van der Waals surface area (Å²) in [6.07, 6.45) is 1.93. The zero-order valence-electron chi connectivity index (χ0n) is 12.4. The molecule has 0 saturated heterocycles. The molecule has 2 rings (SSSR count). The van der Waals surface area contributed by atoms with Gasteiger partial charge in [-0.15, -0.1) is 0 Å². The number of hydrogen-bond acceptors (Lipinski definition) is 6. The number of carboxylic acids is 1. The highest BCUT2D eigenvalue weighted by Gasteiger charge is 2.34. The molecule has 0 aromatic heterocycles. The first kappa shape index (κ1) is 17.4. The van der Waals surface area contributed by atoms with E-state index in [1.54, 1.807) is 0 Å². The van der Waals surface area contributed by atoms with Gasteiger partial charge >= 0.3 is 13.7 Å². The van der Waals surface area contributed by atoms with Crippen molar-refractivity contribution in [2.45, 2.75) is 25.8 Å². The second-order valence-electron chi connectivity index (χ2n) is 5.27. The van der Waals surface area contributed by atoms with Gasteiger partial charge in [0.2, 0.25) is 0 Å². The molecule has 1 aliphatic rings. The highest BCUT2D eigenvalue weighted by molar-refractivity contribution is 7.52. The number of nitro groups is 1. The summed E-state index contributed by atoms with van der Waals surface area (Å²) in [5, 5.41) is 21.9. The van der Waals surface area contributed by atoms with Crippen molar-refractivity contribution in [3.05, 3.63) is 34.4 Å². The number of carboxylic acid groups (broad SMARTS) is 1. The molecule has 1 aliphatic carbocycles. The van der Waals surface area contributed by atoms with Gasteiger partial charge in [0.15, 0.2) is 0 Å². The van der Waals surface area contributed by atoms with E-state index >= 15 is 0 Å². The van der Waals surface area contributed by atoms with Crippen LogP contribution in [0.5, 0.6) is 5.75 Å². The van der Waals surface area contributed by atoms with E-state index in [-0.39, 0.29) is 18.0 Å². The Hall–Kier alpha value is -1.96. The highest BCUT2D eigenvalue weighted by Crippen LogP contribution is 2.47. The van der Waals surface area contributed by atoms with Crippen molar-refractivity contribution in [2.24, 2.45) is 5.92 Å². The Bertz CT molecular complexity index is 630. The Labute approximate surface area is 132 Å². The van der Waals surface area contributed by atoms with Crippen LogP contribution in [-0.4, -0.2) is 28.6 Å². The first-order chi connectivity index (χ1) is 10.8. The Morgan fingerprint density at radius 3 is 2.57 bits per heavy atom. The Morgan fingerprint density at radius 1 is 1.48 bits per heavy atom. The molecule has 0 amide bonds. The molecule has 0 radical (unpaired) electrons. The van der Waals surface area contributed by atoms with Gasteiger partial charge in [-0.1, -0.05) is 0 Å². The van der Waals surface area contributed by atoms with Crippen molar-refractivity contribution < 1.29 is 28.4 Å². The summed E-state index contributed by atoms with van der Waals surface area (Å²) in [6, 6.07) is 3.80. The number of nitro benzene ring substituents is 1. The molecule has 0 bridgehead atoms. The van der Waals surface area contributed by atoms with Gasteiger partial charge in [-0.25, -0.2) is 4.57 Å². The van der Waals surface area contributed by atoms with Crippen molar-refractivity contribution in [1.29, 1.82) is 0 Å². The number of carbonyl (C=O) groups is 1. The minimum atomic E-state index is -3.90. The lowest BCUT2D eigenvalue weighted by Gasteiger charge is -2.21. The van der Waals surface area contributed by atoms with E-state index in [1.807, 2.05) is 0 Å². The fourth-order valence-electron chi connectivity index (χ4n) is 1.64. The van der Waals surface area contributed by atoms with Crippen LogP contribution in [0.15, 0.2) is 24.3 Å². The Balaban J connectivity index is 2.09.